The molecule has 2 amide bonds. The zero-order valence-electron chi connectivity index (χ0n) is 12.3. The molecular formula is C15H22ClN3O2. The number of hydrogen-bond donors (Lipinski definition) is 3. The molecule has 1 saturated carbocycles. The Kier molecular flexibility index (Phi) is 5.75. The molecule has 2 rings (SSSR count). The molecule has 0 unspecified atom stereocenters. The van der Waals surface area contributed by atoms with Crippen LogP contribution in [0, 0.1) is 11.3 Å². The number of halogens is 1. The van der Waals surface area contributed by atoms with Crippen molar-refractivity contribution in [3.63, 3.8) is 0 Å². The smallest absolute Gasteiger partial charge is 0.231 e. The van der Waals surface area contributed by atoms with Crippen LogP contribution in [0.2, 0.25) is 0 Å². The summed E-state index contributed by atoms with van der Waals surface area (Å²) < 4.78 is 0. The number of benzene rings is 1. The number of hydrogen-bond acceptors (Lipinski definition) is 3. The van der Waals surface area contributed by atoms with Crippen molar-refractivity contribution in [2.75, 3.05) is 17.2 Å². The van der Waals surface area contributed by atoms with Crippen LogP contribution in [-0.4, -0.2) is 18.4 Å². The van der Waals surface area contributed by atoms with E-state index >= 15 is 0 Å². The number of carbonyl (C=O) groups is 2. The summed E-state index contributed by atoms with van der Waals surface area (Å²) in [5.74, 6) is 0.0749. The topological polar surface area (TPSA) is 84.2 Å². The molecule has 0 aliphatic heterocycles. The highest BCUT2D eigenvalue weighted by atomic mass is 35.5. The average molecular weight is 312 g/mol. The average Bonchev–Trinajstić information content (AvgIpc) is 3.23. The molecule has 1 aromatic carbocycles. The van der Waals surface area contributed by atoms with Crippen LogP contribution in [0.5, 0.6) is 0 Å². The minimum absolute atomic E-state index is 0. The molecule has 1 fully saturated rings. The van der Waals surface area contributed by atoms with Gasteiger partial charge in [0.15, 0.2) is 0 Å². The second kappa shape index (κ2) is 6.91. The van der Waals surface area contributed by atoms with Crippen molar-refractivity contribution < 1.29 is 9.59 Å². The van der Waals surface area contributed by atoms with E-state index in [0.717, 1.165) is 12.8 Å². The molecule has 21 heavy (non-hydrogen) atoms. The van der Waals surface area contributed by atoms with E-state index in [9.17, 15) is 9.59 Å². The number of nitrogens with two attached hydrogens (primary N) is 1. The van der Waals surface area contributed by atoms with Gasteiger partial charge in [0.2, 0.25) is 11.8 Å². The van der Waals surface area contributed by atoms with Gasteiger partial charge in [-0.3, -0.25) is 9.59 Å². The summed E-state index contributed by atoms with van der Waals surface area (Å²) in [7, 11) is 0. The molecule has 0 heterocycles. The van der Waals surface area contributed by atoms with E-state index in [1.165, 1.54) is 0 Å². The summed E-state index contributed by atoms with van der Waals surface area (Å²) >= 11 is 0. The lowest BCUT2D eigenvalue weighted by Crippen LogP contribution is -2.37. The lowest BCUT2D eigenvalue weighted by molar-refractivity contribution is -0.123. The van der Waals surface area contributed by atoms with Crippen LogP contribution in [0.1, 0.15) is 26.7 Å². The molecule has 6 heteroatoms. The first-order valence-corrected chi connectivity index (χ1v) is 6.85. The SMILES string of the molecule is CC(C)(CN)C(=O)Nc1cccc(NC(=O)C2CC2)c1.Cl. The van der Waals surface area contributed by atoms with Gasteiger partial charge >= 0.3 is 0 Å². The Morgan fingerprint density at radius 3 is 2.33 bits per heavy atom. The minimum atomic E-state index is -0.618. The van der Waals surface area contributed by atoms with Crippen molar-refractivity contribution in [1.29, 1.82) is 0 Å². The van der Waals surface area contributed by atoms with E-state index in [1.54, 1.807) is 32.0 Å². The van der Waals surface area contributed by atoms with Crippen LogP contribution < -0.4 is 16.4 Å². The van der Waals surface area contributed by atoms with Gasteiger partial charge in [-0.05, 0) is 44.9 Å². The molecule has 1 aliphatic rings. The maximum atomic E-state index is 12.0. The Balaban J connectivity index is 0.00000220. The first-order valence-electron chi connectivity index (χ1n) is 6.85. The summed E-state index contributed by atoms with van der Waals surface area (Å²) in [6.07, 6.45) is 1.93. The molecular weight excluding hydrogens is 290 g/mol. The Morgan fingerprint density at radius 1 is 1.24 bits per heavy atom. The monoisotopic (exact) mass is 311 g/mol. The lowest BCUT2D eigenvalue weighted by Gasteiger charge is -2.21. The first-order chi connectivity index (χ1) is 9.42. The van der Waals surface area contributed by atoms with Crippen molar-refractivity contribution in [2.24, 2.45) is 17.1 Å². The Hall–Kier alpha value is -1.59. The normalized spacial score (nSPS) is 14.0. The summed E-state index contributed by atoms with van der Waals surface area (Å²) in [5, 5.41) is 5.68. The van der Waals surface area contributed by atoms with E-state index in [4.69, 9.17) is 5.73 Å². The van der Waals surface area contributed by atoms with E-state index in [-0.39, 0.29) is 36.7 Å². The van der Waals surface area contributed by atoms with Gasteiger partial charge in [-0.1, -0.05) is 6.07 Å². The second-order valence-corrected chi connectivity index (χ2v) is 5.89. The van der Waals surface area contributed by atoms with Crippen LogP contribution in [0.3, 0.4) is 0 Å². The predicted octanol–water partition coefficient (Wildman–Crippen LogP) is 2.38. The van der Waals surface area contributed by atoms with Crippen molar-refractivity contribution in [3.8, 4) is 0 Å². The Labute approximate surface area is 131 Å². The quantitative estimate of drug-likeness (QED) is 0.780. The summed E-state index contributed by atoms with van der Waals surface area (Å²) in [4.78, 5) is 23.7. The summed E-state index contributed by atoms with van der Waals surface area (Å²) in [6, 6.07) is 7.15. The van der Waals surface area contributed by atoms with E-state index < -0.39 is 5.41 Å². The first kappa shape index (κ1) is 17.5. The van der Waals surface area contributed by atoms with Crippen molar-refractivity contribution in [3.05, 3.63) is 24.3 Å². The Morgan fingerprint density at radius 2 is 1.81 bits per heavy atom. The molecule has 4 N–H and O–H groups in total. The zero-order chi connectivity index (χ0) is 14.8. The third kappa shape index (κ3) is 4.72. The van der Waals surface area contributed by atoms with E-state index in [0.29, 0.717) is 11.4 Å². The fraction of sp³-hybridized carbons (Fsp3) is 0.467. The van der Waals surface area contributed by atoms with Gasteiger partial charge in [-0.25, -0.2) is 0 Å². The molecule has 0 saturated heterocycles. The second-order valence-electron chi connectivity index (χ2n) is 5.89. The van der Waals surface area contributed by atoms with Gasteiger partial charge in [-0.2, -0.15) is 0 Å². The highest BCUT2D eigenvalue weighted by Gasteiger charge is 2.29. The van der Waals surface area contributed by atoms with Crippen molar-refractivity contribution in [1.82, 2.24) is 0 Å². The highest BCUT2D eigenvalue weighted by Crippen LogP contribution is 2.30. The van der Waals surface area contributed by atoms with E-state index in [1.807, 2.05) is 6.07 Å². The third-order valence-electron chi connectivity index (χ3n) is 3.46. The summed E-state index contributed by atoms with van der Waals surface area (Å²) in [5.41, 5.74) is 6.32. The maximum Gasteiger partial charge on any atom is 0.231 e. The van der Waals surface area contributed by atoms with Crippen LogP contribution in [0.4, 0.5) is 11.4 Å². The van der Waals surface area contributed by atoms with Crippen molar-refractivity contribution in [2.45, 2.75) is 26.7 Å². The minimum Gasteiger partial charge on any atom is -0.329 e. The van der Waals surface area contributed by atoms with Gasteiger partial charge in [0.05, 0.1) is 5.41 Å². The highest BCUT2D eigenvalue weighted by molar-refractivity contribution is 5.97. The number of rotatable bonds is 5. The van der Waals surface area contributed by atoms with Gasteiger partial charge in [-0.15, -0.1) is 12.4 Å². The van der Waals surface area contributed by atoms with Gasteiger partial charge in [0, 0.05) is 23.8 Å². The van der Waals surface area contributed by atoms with Crippen LogP contribution in [0.25, 0.3) is 0 Å². The number of nitrogens with one attached hydrogen (secondary N) is 2. The van der Waals surface area contributed by atoms with Crippen LogP contribution in [-0.2, 0) is 9.59 Å². The van der Waals surface area contributed by atoms with Gasteiger partial charge in [0.1, 0.15) is 0 Å². The van der Waals surface area contributed by atoms with E-state index in [2.05, 4.69) is 10.6 Å². The molecule has 0 aromatic heterocycles. The standard InChI is InChI=1S/C15H21N3O2.ClH/c1-15(2,9-16)14(20)18-12-5-3-4-11(8-12)17-13(19)10-6-7-10;/h3-5,8,10H,6-7,9,16H2,1-2H3,(H,17,19)(H,18,20);1H. The molecule has 1 aromatic rings. The molecule has 0 atom stereocenters. The molecule has 116 valence electrons. The largest absolute Gasteiger partial charge is 0.329 e. The van der Waals surface area contributed by atoms with Gasteiger partial charge in [0.25, 0.3) is 0 Å². The molecule has 0 spiro atoms. The Bertz CT molecular complexity index is 527. The number of amides is 2. The molecule has 5 nitrogen and oxygen atoms in total. The summed E-state index contributed by atoms with van der Waals surface area (Å²) in [6.45, 7) is 3.86. The van der Waals surface area contributed by atoms with Gasteiger partial charge < -0.3 is 16.4 Å². The lowest BCUT2D eigenvalue weighted by atomic mass is 9.92. The fourth-order valence-electron chi connectivity index (χ4n) is 1.66. The zero-order valence-corrected chi connectivity index (χ0v) is 13.1. The van der Waals surface area contributed by atoms with Crippen LogP contribution in [0.15, 0.2) is 24.3 Å². The predicted molar refractivity (Wildman–Crippen MR) is 86.5 cm³/mol. The number of anilines is 2. The molecule has 0 radical (unpaired) electrons. The fourth-order valence-corrected chi connectivity index (χ4v) is 1.66. The molecule has 1 aliphatic carbocycles. The molecule has 0 bridgehead atoms. The van der Waals surface area contributed by atoms with Crippen molar-refractivity contribution >= 4 is 35.6 Å². The maximum absolute atomic E-state index is 12.0. The van der Waals surface area contributed by atoms with Crippen LogP contribution >= 0.6 is 12.4 Å². The third-order valence-corrected chi connectivity index (χ3v) is 3.46. The number of carbonyl (C=O) groups excluding carboxylic acids is 2.